The molecule has 0 aliphatic carbocycles. The molecule has 3 nitrogen and oxygen atoms in total. The van der Waals surface area contributed by atoms with Gasteiger partial charge >= 0.3 is 0 Å². The van der Waals surface area contributed by atoms with Crippen LogP contribution in [0.25, 0.3) is 11.0 Å². The molecule has 19 heavy (non-hydrogen) atoms. The van der Waals surface area contributed by atoms with Crippen LogP contribution in [0.1, 0.15) is 38.4 Å². The molecule has 1 aromatic carbocycles. The van der Waals surface area contributed by atoms with Crippen molar-refractivity contribution < 1.29 is 0 Å². The van der Waals surface area contributed by atoms with Crippen LogP contribution in [0.4, 0.5) is 0 Å². The van der Waals surface area contributed by atoms with E-state index in [0.717, 1.165) is 28.6 Å². The van der Waals surface area contributed by atoms with Crippen LogP contribution in [0.2, 0.25) is 0 Å². The molecule has 1 aliphatic heterocycles. The van der Waals surface area contributed by atoms with Crippen molar-refractivity contribution in [3.05, 3.63) is 28.5 Å². The molecule has 4 heteroatoms. The third-order valence-corrected chi connectivity index (χ3v) is 4.73. The van der Waals surface area contributed by atoms with Crippen LogP contribution in [0, 0.1) is 0 Å². The first kappa shape index (κ1) is 13.1. The molecule has 3 rings (SSSR count). The van der Waals surface area contributed by atoms with Gasteiger partial charge in [-0.15, -0.1) is 0 Å². The predicted octanol–water partition coefficient (Wildman–Crippen LogP) is 3.75. The zero-order valence-electron chi connectivity index (χ0n) is 11.3. The van der Waals surface area contributed by atoms with Gasteiger partial charge in [0.2, 0.25) is 0 Å². The number of halogens is 1. The summed E-state index contributed by atoms with van der Waals surface area (Å²) >= 11 is 3.52. The van der Waals surface area contributed by atoms with Gasteiger partial charge in [0.15, 0.2) is 0 Å². The zero-order valence-corrected chi connectivity index (χ0v) is 12.9. The van der Waals surface area contributed by atoms with Crippen LogP contribution in [0.5, 0.6) is 0 Å². The van der Waals surface area contributed by atoms with E-state index in [4.69, 9.17) is 4.98 Å². The summed E-state index contributed by atoms with van der Waals surface area (Å²) in [7, 11) is 0. The summed E-state index contributed by atoms with van der Waals surface area (Å²) in [4.78, 5) is 8.43. The highest BCUT2D eigenvalue weighted by Gasteiger charge is 2.35. The van der Waals surface area contributed by atoms with Gasteiger partial charge in [-0.1, -0.05) is 29.3 Å². The van der Waals surface area contributed by atoms with Crippen molar-refractivity contribution in [2.24, 2.45) is 0 Å². The number of hydrogen-bond acceptors (Lipinski definition) is 2. The lowest BCUT2D eigenvalue weighted by Crippen LogP contribution is -2.40. The van der Waals surface area contributed by atoms with Crippen LogP contribution in [0.3, 0.4) is 0 Å². The second-order valence-electron chi connectivity index (χ2n) is 5.53. The van der Waals surface area contributed by atoms with E-state index in [1.165, 1.54) is 31.5 Å². The second kappa shape index (κ2) is 5.25. The number of nitrogens with zero attached hydrogens (tertiary/aromatic N) is 1. The molecule has 0 radical (unpaired) electrons. The Morgan fingerprint density at radius 2 is 2.11 bits per heavy atom. The Morgan fingerprint density at radius 3 is 2.84 bits per heavy atom. The standard InChI is InChI=1S/C15H20BrN3/c1-2-5-15(6-8-17-9-7-15)14-18-12-4-3-11(16)10-13(12)19-14/h3-4,10,17H,2,5-9H2,1H3,(H,18,19). The number of fused-ring (bicyclic) bond motifs is 1. The van der Waals surface area contributed by atoms with E-state index < -0.39 is 0 Å². The monoisotopic (exact) mass is 321 g/mol. The van der Waals surface area contributed by atoms with E-state index in [1.54, 1.807) is 0 Å². The number of rotatable bonds is 3. The van der Waals surface area contributed by atoms with Gasteiger partial charge < -0.3 is 10.3 Å². The molecule has 2 heterocycles. The zero-order chi connectivity index (χ0) is 13.3. The number of imidazole rings is 1. The number of aromatic nitrogens is 2. The van der Waals surface area contributed by atoms with E-state index in [2.05, 4.69) is 51.4 Å². The number of aromatic amines is 1. The molecule has 0 unspecified atom stereocenters. The Kier molecular flexibility index (Phi) is 3.63. The molecule has 1 aromatic heterocycles. The van der Waals surface area contributed by atoms with Gasteiger partial charge in [0.1, 0.15) is 5.82 Å². The summed E-state index contributed by atoms with van der Waals surface area (Å²) in [6.07, 6.45) is 4.79. The molecule has 2 N–H and O–H groups in total. The lowest BCUT2D eigenvalue weighted by Gasteiger charge is -2.35. The maximum atomic E-state index is 4.86. The Labute approximate surface area is 122 Å². The number of nitrogens with one attached hydrogen (secondary N) is 2. The van der Waals surface area contributed by atoms with Crippen molar-refractivity contribution >= 4 is 27.0 Å². The number of benzene rings is 1. The van der Waals surface area contributed by atoms with Crippen molar-refractivity contribution in [2.75, 3.05) is 13.1 Å². The highest BCUT2D eigenvalue weighted by molar-refractivity contribution is 9.10. The summed E-state index contributed by atoms with van der Waals surface area (Å²) < 4.78 is 1.10. The first-order valence-electron chi connectivity index (χ1n) is 7.10. The van der Waals surface area contributed by atoms with Crippen molar-refractivity contribution in [2.45, 2.75) is 38.0 Å². The topological polar surface area (TPSA) is 40.7 Å². The maximum Gasteiger partial charge on any atom is 0.113 e. The molecule has 0 saturated carbocycles. The highest BCUT2D eigenvalue weighted by atomic mass is 79.9. The second-order valence-corrected chi connectivity index (χ2v) is 6.44. The average molecular weight is 322 g/mol. The number of hydrogen-bond donors (Lipinski definition) is 2. The molecule has 2 aromatic rings. The minimum absolute atomic E-state index is 0.242. The van der Waals surface area contributed by atoms with Gasteiger partial charge in [-0.25, -0.2) is 4.98 Å². The van der Waals surface area contributed by atoms with Gasteiger partial charge in [-0.05, 0) is 50.6 Å². The van der Waals surface area contributed by atoms with Crippen LogP contribution in [-0.2, 0) is 5.41 Å². The largest absolute Gasteiger partial charge is 0.341 e. The Bertz CT molecular complexity index is 564. The maximum absolute atomic E-state index is 4.86. The van der Waals surface area contributed by atoms with Gasteiger partial charge in [-0.3, -0.25) is 0 Å². The van der Waals surface area contributed by atoms with Crippen LogP contribution < -0.4 is 5.32 Å². The predicted molar refractivity (Wildman–Crippen MR) is 82.5 cm³/mol. The first-order valence-corrected chi connectivity index (χ1v) is 7.89. The van der Waals surface area contributed by atoms with E-state index in [1.807, 2.05) is 0 Å². The third kappa shape index (κ3) is 2.43. The fraction of sp³-hybridized carbons (Fsp3) is 0.533. The number of piperidine rings is 1. The van der Waals surface area contributed by atoms with Crippen molar-refractivity contribution in [3.8, 4) is 0 Å². The van der Waals surface area contributed by atoms with Crippen LogP contribution in [-0.4, -0.2) is 23.1 Å². The Morgan fingerprint density at radius 1 is 1.32 bits per heavy atom. The summed E-state index contributed by atoms with van der Waals surface area (Å²) in [5, 5.41) is 3.46. The van der Waals surface area contributed by atoms with Crippen LogP contribution in [0.15, 0.2) is 22.7 Å². The average Bonchev–Trinajstić information content (AvgIpc) is 2.83. The minimum Gasteiger partial charge on any atom is -0.341 e. The summed E-state index contributed by atoms with van der Waals surface area (Å²) in [6.45, 7) is 4.46. The summed E-state index contributed by atoms with van der Waals surface area (Å²) in [5.74, 6) is 1.18. The first-order chi connectivity index (χ1) is 9.23. The lowest BCUT2D eigenvalue weighted by atomic mass is 9.75. The molecule has 0 bridgehead atoms. The molecular formula is C15H20BrN3. The Balaban J connectivity index is 2.04. The smallest absolute Gasteiger partial charge is 0.113 e. The summed E-state index contributed by atoms with van der Waals surface area (Å²) in [5.41, 5.74) is 2.46. The SMILES string of the molecule is CCCC1(c2nc3ccc(Br)cc3[nH]2)CCNCC1. The van der Waals surface area contributed by atoms with E-state index >= 15 is 0 Å². The molecule has 0 spiro atoms. The molecule has 102 valence electrons. The fourth-order valence-corrected chi connectivity index (χ4v) is 3.58. The molecule has 0 amide bonds. The highest BCUT2D eigenvalue weighted by Crippen LogP contribution is 2.37. The molecule has 1 aliphatic rings. The quantitative estimate of drug-likeness (QED) is 0.904. The van der Waals surface area contributed by atoms with Crippen LogP contribution >= 0.6 is 15.9 Å². The fourth-order valence-electron chi connectivity index (χ4n) is 3.22. The third-order valence-electron chi connectivity index (χ3n) is 4.24. The molecule has 1 fully saturated rings. The molecule has 0 atom stereocenters. The van der Waals surface area contributed by atoms with Crippen molar-refractivity contribution in [1.29, 1.82) is 0 Å². The minimum atomic E-state index is 0.242. The number of H-pyrrole nitrogens is 1. The van der Waals surface area contributed by atoms with E-state index in [9.17, 15) is 0 Å². The summed E-state index contributed by atoms with van der Waals surface area (Å²) in [6, 6.07) is 6.26. The Hall–Kier alpha value is -0.870. The van der Waals surface area contributed by atoms with Gasteiger partial charge in [0.25, 0.3) is 0 Å². The molecule has 1 saturated heterocycles. The molecular weight excluding hydrogens is 302 g/mol. The van der Waals surface area contributed by atoms with Gasteiger partial charge in [0, 0.05) is 9.89 Å². The van der Waals surface area contributed by atoms with Gasteiger partial charge in [-0.2, -0.15) is 0 Å². The lowest BCUT2D eigenvalue weighted by molar-refractivity contribution is 0.273. The normalized spacial score (nSPS) is 18.8. The van der Waals surface area contributed by atoms with E-state index in [0.29, 0.717) is 0 Å². The van der Waals surface area contributed by atoms with E-state index in [-0.39, 0.29) is 5.41 Å². The van der Waals surface area contributed by atoms with Crippen molar-refractivity contribution in [1.82, 2.24) is 15.3 Å². The van der Waals surface area contributed by atoms with Gasteiger partial charge in [0.05, 0.1) is 11.0 Å². The van der Waals surface area contributed by atoms with Crippen molar-refractivity contribution in [3.63, 3.8) is 0 Å².